The second-order valence-corrected chi connectivity index (χ2v) is 7.59. The van der Waals surface area contributed by atoms with E-state index in [0.717, 1.165) is 31.2 Å². The number of hydrogen-bond donors (Lipinski definition) is 1. The van der Waals surface area contributed by atoms with Gasteiger partial charge in [0, 0.05) is 17.4 Å². The monoisotopic (exact) mass is 315 g/mol. The Morgan fingerprint density at radius 1 is 1.26 bits per heavy atom. The van der Waals surface area contributed by atoms with Crippen LogP contribution < -0.4 is 0 Å². The zero-order valence-corrected chi connectivity index (χ0v) is 13.2. The lowest BCUT2D eigenvalue weighted by Crippen LogP contribution is -2.42. The second-order valence-electron chi connectivity index (χ2n) is 7.59. The summed E-state index contributed by atoms with van der Waals surface area (Å²) in [6.07, 6.45) is 4.96. The van der Waals surface area contributed by atoms with Crippen LogP contribution in [0.25, 0.3) is 0 Å². The largest absolute Gasteiger partial charge is 0.502 e. The molecule has 0 saturated heterocycles. The average molecular weight is 315 g/mol. The predicted molar refractivity (Wildman–Crippen MR) is 84.4 cm³/mol. The number of carbonyl (C=O) groups excluding carboxylic acids is 1. The molecule has 2 saturated carbocycles. The van der Waals surface area contributed by atoms with Gasteiger partial charge < -0.3 is 5.11 Å². The molecule has 3 aliphatic carbocycles. The zero-order chi connectivity index (χ0) is 16.4. The molecule has 1 aromatic carbocycles. The van der Waals surface area contributed by atoms with Gasteiger partial charge in [-0.05, 0) is 61.5 Å². The molecule has 0 aromatic heterocycles. The number of nitro groups is 1. The van der Waals surface area contributed by atoms with Crippen molar-refractivity contribution in [2.24, 2.45) is 17.3 Å². The minimum atomic E-state index is -0.458. The van der Waals surface area contributed by atoms with E-state index in [1.807, 2.05) is 6.07 Å². The number of nitro benzene ring substituents is 1. The first kappa shape index (κ1) is 14.7. The van der Waals surface area contributed by atoms with Crippen LogP contribution in [0.15, 0.2) is 12.1 Å². The Kier molecular flexibility index (Phi) is 3.06. The zero-order valence-electron chi connectivity index (χ0n) is 13.2. The fourth-order valence-corrected chi connectivity index (χ4v) is 5.61. The molecule has 0 spiro atoms. The number of benzene rings is 1. The standard InChI is InChI=1S/C18H21NO4/c1-18-9-8-11-10-4-6-15(20)17(19(22)23)13(10)3-2-12(11)14(18)5-7-16(18)21/h4,6,11-12,14,20H,2-3,5,7-9H2,1H3/t11-,12+,14+,18-/m1/s1. The lowest BCUT2D eigenvalue weighted by atomic mass is 9.55. The molecule has 0 amide bonds. The number of hydrogen-bond acceptors (Lipinski definition) is 4. The number of fused-ring (bicyclic) bond motifs is 5. The molecule has 0 heterocycles. The minimum absolute atomic E-state index is 0.114. The fraction of sp³-hybridized carbons (Fsp3) is 0.611. The molecular formula is C18H21NO4. The van der Waals surface area contributed by atoms with E-state index in [-0.39, 0.29) is 16.9 Å². The first-order valence-electron chi connectivity index (χ1n) is 8.46. The molecule has 1 N–H and O–H groups in total. The molecule has 122 valence electrons. The molecule has 0 radical (unpaired) electrons. The first-order valence-corrected chi connectivity index (χ1v) is 8.46. The quantitative estimate of drug-likeness (QED) is 0.632. The van der Waals surface area contributed by atoms with Gasteiger partial charge in [0.15, 0.2) is 5.75 Å². The van der Waals surface area contributed by atoms with Crippen molar-refractivity contribution in [1.82, 2.24) is 0 Å². The van der Waals surface area contributed by atoms with Crippen LogP contribution in [-0.2, 0) is 11.2 Å². The maximum Gasteiger partial charge on any atom is 0.314 e. The summed E-state index contributed by atoms with van der Waals surface area (Å²) in [5, 5.41) is 21.2. The Labute approximate surface area is 134 Å². The average Bonchev–Trinajstić information content (AvgIpc) is 2.82. The molecule has 5 heteroatoms. The number of nitrogens with zero attached hydrogens (tertiary/aromatic N) is 1. The normalized spacial score (nSPS) is 35.3. The van der Waals surface area contributed by atoms with Gasteiger partial charge in [-0.3, -0.25) is 14.9 Å². The van der Waals surface area contributed by atoms with E-state index in [1.54, 1.807) is 0 Å². The van der Waals surface area contributed by atoms with Gasteiger partial charge in [0.1, 0.15) is 5.78 Å². The highest BCUT2D eigenvalue weighted by Gasteiger charge is 2.55. The Morgan fingerprint density at radius 3 is 2.78 bits per heavy atom. The summed E-state index contributed by atoms with van der Waals surface area (Å²) in [6, 6.07) is 3.33. The minimum Gasteiger partial charge on any atom is -0.502 e. The number of carbonyl (C=O) groups is 1. The molecule has 1 aromatic rings. The molecule has 0 unspecified atom stereocenters. The van der Waals surface area contributed by atoms with E-state index in [9.17, 15) is 20.0 Å². The first-order chi connectivity index (χ1) is 10.9. The molecule has 0 bridgehead atoms. The van der Waals surface area contributed by atoms with Crippen molar-refractivity contribution < 1.29 is 14.8 Å². The molecule has 4 rings (SSSR count). The number of phenolic OH excluding ortho intramolecular Hbond substituents is 1. The van der Waals surface area contributed by atoms with E-state index in [0.29, 0.717) is 41.9 Å². The Hall–Kier alpha value is -1.91. The van der Waals surface area contributed by atoms with Gasteiger partial charge in [-0.1, -0.05) is 13.0 Å². The summed E-state index contributed by atoms with van der Waals surface area (Å²) in [6.45, 7) is 2.12. The SMILES string of the molecule is C[C@@]12CC[C@@H]3c4ccc(O)c([N+](=O)[O-])c4CC[C@@H]3[C@@H]1CCC2=O. The third-order valence-electron chi connectivity index (χ3n) is 6.75. The van der Waals surface area contributed by atoms with Gasteiger partial charge in [0.05, 0.1) is 4.92 Å². The number of rotatable bonds is 1. The van der Waals surface area contributed by atoms with Crippen molar-refractivity contribution in [3.05, 3.63) is 33.4 Å². The molecule has 0 aliphatic heterocycles. The van der Waals surface area contributed by atoms with Crippen LogP contribution in [0.1, 0.15) is 56.1 Å². The van der Waals surface area contributed by atoms with Crippen molar-refractivity contribution in [2.45, 2.75) is 51.4 Å². The van der Waals surface area contributed by atoms with Crippen LogP contribution in [0, 0.1) is 27.4 Å². The summed E-state index contributed by atoms with van der Waals surface area (Å²) in [4.78, 5) is 23.2. The summed E-state index contributed by atoms with van der Waals surface area (Å²) in [5.74, 6) is 1.32. The molecule has 3 aliphatic rings. The summed E-state index contributed by atoms with van der Waals surface area (Å²) >= 11 is 0. The van der Waals surface area contributed by atoms with Crippen molar-refractivity contribution >= 4 is 11.5 Å². The van der Waals surface area contributed by atoms with Gasteiger partial charge in [-0.2, -0.15) is 0 Å². The van der Waals surface area contributed by atoms with Crippen molar-refractivity contribution in [3.63, 3.8) is 0 Å². The van der Waals surface area contributed by atoms with Crippen molar-refractivity contribution in [1.29, 1.82) is 0 Å². The van der Waals surface area contributed by atoms with Crippen LogP contribution in [0.5, 0.6) is 5.75 Å². The molecule has 2 fully saturated rings. The summed E-state index contributed by atoms with van der Waals surface area (Å²) in [7, 11) is 0. The third-order valence-corrected chi connectivity index (χ3v) is 6.75. The number of Topliss-reactive ketones (excluding diaryl/α,β-unsaturated/α-hetero) is 1. The van der Waals surface area contributed by atoms with Crippen LogP contribution in [0.4, 0.5) is 5.69 Å². The van der Waals surface area contributed by atoms with E-state index in [1.165, 1.54) is 6.07 Å². The number of aromatic hydroxyl groups is 1. The highest BCUT2D eigenvalue weighted by atomic mass is 16.6. The summed E-state index contributed by atoms with van der Waals surface area (Å²) in [5.41, 5.74) is 1.45. The predicted octanol–water partition coefficient (Wildman–Crippen LogP) is 3.73. The third kappa shape index (κ3) is 1.88. The highest BCUT2D eigenvalue weighted by molar-refractivity contribution is 5.87. The van der Waals surface area contributed by atoms with Crippen LogP contribution in [0.2, 0.25) is 0 Å². The van der Waals surface area contributed by atoms with Gasteiger partial charge in [-0.25, -0.2) is 0 Å². The molecule has 5 nitrogen and oxygen atoms in total. The highest BCUT2D eigenvalue weighted by Crippen LogP contribution is 2.60. The van der Waals surface area contributed by atoms with E-state index >= 15 is 0 Å². The van der Waals surface area contributed by atoms with Crippen LogP contribution in [0.3, 0.4) is 0 Å². The Morgan fingerprint density at radius 2 is 2.04 bits per heavy atom. The van der Waals surface area contributed by atoms with Crippen LogP contribution in [-0.4, -0.2) is 15.8 Å². The van der Waals surface area contributed by atoms with Gasteiger partial charge >= 0.3 is 5.69 Å². The van der Waals surface area contributed by atoms with E-state index < -0.39 is 4.92 Å². The van der Waals surface area contributed by atoms with Crippen molar-refractivity contribution in [3.8, 4) is 5.75 Å². The topological polar surface area (TPSA) is 80.4 Å². The van der Waals surface area contributed by atoms with Gasteiger partial charge in [-0.15, -0.1) is 0 Å². The van der Waals surface area contributed by atoms with Crippen molar-refractivity contribution in [2.75, 3.05) is 0 Å². The van der Waals surface area contributed by atoms with E-state index in [2.05, 4.69) is 6.92 Å². The smallest absolute Gasteiger partial charge is 0.314 e. The summed E-state index contributed by atoms with van der Waals surface area (Å²) < 4.78 is 0. The molecule has 23 heavy (non-hydrogen) atoms. The Bertz CT molecular complexity index is 713. The van der Waals surface area contributed by atoms with E-state index in [4.69, 9.17) is 0 Å². The second kappa shape index (κ2) is 4.79. The maximum atomic E-state index is 12.3. The number of phenols is 1. The molecular weight excluding hydrogens is 294 g/mol. The lowest BCUT2D eigenvalue weighted by Gasteiger charge is -2.48. The number of ketones is 1. The lowest BCUT2D eigenvalue weighted by molar-refractivity contribution is -0.386. The van der Waals surface area contributed by atoms with Gasteiger partial charge in [0.2, 0.25) is 0 Å². The van der Waals surface area contributed by atoms with Crippen LogP contribution >= 0.6 is 0 Å². The fourth-order valence-electron chi connectivity index (χ4n) is 5.61. The molecule has 4 atom stereocenters. The Balaban J connectivity index is 1.77. The maximum absolute atomic E-state index is 12.3. The van der Waals surface area contributed by atoms with Gasteiger partial charge in [0.25, 0.3) is 0 Å².